The molecule has 0 saturated heterocycles. The first-order chi connectivity index (χ1) is 11.5. The summed E-state index contributed by atoms with van der Waals surface area (Å²) >= 11 is 18.7. The van der Waals surface area contributed by atoms with Crippen LogP contribution < -0.4 is 11.1 Å². The molecule has 1 amide bonds. The summed E-state index contributed by atoms with van der Waals surface area (Å²) in [7, 11) is 1.72. The molecule has 2 aromatic rings. The van der Waals surface area contributed by atoms with E-state index in [1.54, 1.807) is 20.0 Å². The molecule has 1 aromatic heterocycles. The fourth-order valence-electron chi connectivity index (χ4n) is 1.75. The minimum atomic E-state index is -0.957. The highest BCUT2D eigenvalue weighted by Gasteiger charge is 2.20. The normalized spacial score (nSPS) is 10.8. The van der Waals surface area contributed by atoms with E-state index >= 15 is 0 Å². The number of benzene rings is 1. The van der Waals surface area contributed by atoms with Crippen molar-refractivity contribution < 1.29 is 19.4 Å². The summed E-state index contributed by atoms with van der Waals surface area (Å²) in [5, 5.41) is 14.1. The predicted octanol–water partition coefficient (Wildman–Crippen LogP) is 4.63. The van der Waals surface area contributed by atoms with Gasteiger partial charge in [-0.25, -0.2) is 0 Å². The summed E-state index contributed by atoms with van der Waals surface area (Å²) in [5.74, 6) is -0.387. The van der Waals surface area contributed by atoms with Gasteiger partial charge in [0, 0.05) is 12.4 Å². The molecule has 0 bridgehead atoms. The van der Waals surface area contributed by atoms with E-state index in [9.17, 15) is 14.7 Å². The van der Waals surface area contributed by atoms with Gasteiger partial charge in [-0.1, -0.05) is 23.2 Å². The number of hydrogen-bond acceptors (Lipinski definition) is 6. The highest BCUT2D eigenvalue weighted by molar-refractivity contribution is 9.11. The summed E-state index contributed by atoms with van der Waals surface area (Å²) in [6, 6.07) is 1.69. The number of ether oxygens (including phenoxy) is 1. The van der Waals surface area contributed by atoms with Crippen molar-refractivity contribution in [3.05, 3.63) is 20.6 Å². The Balaban J connectivity index is 0.000000333. The molecule has 25 heavy (non-hydrogen) atoms. The zero-order valence-electron chi connectivity index (χ0n) is 13.0. The van der Waals surface area contributed by atoms with Gasteiger partial charge in [0.1, 0.15) is 21.7 Å². The fourth-order valence-corrected chi connectivity index (χ4v) is 4.32. The summed E-state index contributed by atoms with van der Waals surface area (Å²) in [4.78, 5) is 21.0. The van der Waals surface area contributed by atoms with E-state index in [1.807, 2.05) is 0 Å². The first-order valence-electron chi connectivity index (χ1n) is 6.57. The van der Waals surface area contributed by atoms with Gasteiger partial charge in [0.2, 0.25) is 0 Å². The number of amides is 1. The summed E-state index contributed by atoms with van der Waals surface area (Å²) < 4.78 is 5.14. The van der Waals surface area contributed by atoms with Gasteiger partial charge >= 0.3 is 0 Å². The molecule has 0 fully saturated rings. The molecule has 0 aliphatic heterocycles. The van der Waals surface area contributed by atoms with Gasteiger partial charge in [-0.2, -0.15) is 0 Å². The Kier molecular flexibility index (Phi) is 8.27. The van der Waals surface area contributed by atoms with Crippen LogP contribution in [0.5, 0.6) is 5.75 Å². The monoisotopic (exact) mass is 534 g/mol. The number of nitrogens with one attached hydrogen (secondary N) is 1. The van der Waals surface area contributed by atoms with Gasteiger partial charge in [0.05, 0.1) is 19.2 Å². The Morgan fingerprint density at radius 3 is 2.52 bits per heavy atom. The molecule has 1 aromatic carbocycles. The highest BCUT2D eigenvalue weighted by atomic mass is 79.9. The maximum atomic E-state index is 11.5. The van der Waals surface area contributed by atoms with Gasteiger partial charge < -0.3 is 20.9 Å². The molecule has 1 heterocycles. The average molecular weight is 537 g/mol. The van der Waals surface area contributed by atoms with Gasteiger partial charge in [-0.3, -0.25) is 9.59 Å². The Hall–Kier alpha value is -0.740. The SMILES string of the molecule is CC(Cl)(Cl)COC=O.CNc1sc2c(Br)c(O)c(Br)cc2c1C(N)=O. The van der Waals surface area contributed by atoms with Crippen LogP contribution in [0.25, 0.3) is 10.1 Å². The van der Waals surface area contributed by atoms with Crippen LogP contribution in [0.15, 0.2) is 15.0 Å². The number of fused-ring (bicyclic) bond motifs is 1. The van der Waals surface area contributed by atoms with Crippen molar-refractivity contribution in [3.8, 4) is 5.75 Å². The Morgan fingerprint density at radius 1 is 1.52 bits per heavy atom. The molecule has 0 saturated carbocycles. The predicted molar refractivity (Wildman–Crippen MR) is 109 cm³/mol. The largest absolute Gasteiger partial charge is 0.506 e. The first kappa shape index (κ1) is 22.3. The maximum absolute atomic E-state index is 11.5. The van der Waals surface area contributed by atoms with E-state index in [0.29, 0.717) is 31.4 Å². The van der Waals surface area contributed by atoms with Gasteiger partial charge in [0.25, 0.3) is 12.4 Å². The smallest absolute Gasteiger partial charge is 0.293 e. The molecule has 4 N–H and O–H groups in total. The third-order valence-electron chi connectivity index (χ3n) is 2.73. The lowest BCUT2D eigenvalue weighted by Gasteiger charge is -2.09. The van der Waals surface area contributed by atoms with Crippen LogP contribution in [0.2, 0.25) is 0 Å². The summed E-state index contributed by atoms with van der Waals surface area (Å²) in [6.45, 7) is 1.88. The van der Waals surface area contributed by atoms with Crippen LogP contribution in [-0.4, -0.2) is 35.5 Å². The van der Waals surface area contributed by atoms with Crippen LogP contribution in [0.3, 0.4) is 0 Å². The summed E-state index contributed by atoms with van der Waals surface area (Å²) in [5.41, 5.74) is 5.81. The number of anilines is 1. The first-order valence-corrected chi connectivity index (χ1v) is 9.73. The molecular weight excluding hydrogens is 523 g/mol. The van der Waals surface area contributed by atoms with E-state index < -0.39 is 10.2 Å². The van der Waals surface area contributed by atoms with Crippen molar-refractivity contribution in [1.29, 1.82) is 0 Å². The van der Waals surface area contributed by atoms with Crippen LogP contribution in [0.1, 0.15) is 17.3 Å². The number of thiophene rings is 1. The number of carbonyl (C=O) groups excluding carboxylic acids is 2. The van der Waals surface area contributed by atoms with E-state index in [2.05, 4.69) is 41.9 Å². The maximum Gasteiger partial charge on any atom is 0.293 e. The van der Waals surface area contributed by atoms with E-state index in [0.717, 1.165) is 4.70 Å². The van der Waals surface area contributed by atoms with Gasteiger partial charge in [-0.05, 0) is 44.8 Å². The van der Waals surface area contributed by atoms with Crippen molar-refractivity contribution in [2.24, 2.45) is 5.73 Å². The van der Waals surface area contributed by atoms with Crippen molar-refractivity contribution in [2.45, 2.75) is 11.3 Å². The number of rotatable bonds is 5. The van der Waals surface area contributed by atoms with Crippen molar-refractivity contribution in [2.75, 3.05) is 19.0 Å². The lowest BCUT2D eigenvalue weighted by molar-refractivity contribution is -0.128. The van der Waals surface area contributed by atoms with Crippen molar-refractivity contribution in [3.63, 3.8) is 0 Å². The molecule has 2 rings (SSSR count). The van der Waals surface area contributed by atoms with Crippen LogP contribution in [-0.2, 0) is 9.53 Å². The molecule has 0 spiro atoms. The average Bonchev–Trinajstić information content (AvgIpc) is 2.89. The van der Waals surface area contributed by atoms with Gasteiger partial charge in [-0.15, -0.1) is 11.3 Å². The molecule has 0 radical (unpaired) electrons. The second-order valence-corrected chi connectivity index (χ2v) is 9.33. The number of halogens is 4. The molecule has 138 valence electrons. The quantitative estimate of drug-likeness (QED) is 0.382. The Bertz CT molecular complexity index is 793. The standard InChI is InChI=1S/C10H8Br2N2O2S.C4H6Cl2O2/c1-14-10-5(9(13)16)3-2-4(11)7(15)6(12)8(3)17-10;1-4(5,6)2-8-3-7/h2,14-15H,1H3,(H2,13,16);3H,2H2,1H3. The van der Waals surface area contributed by atoms with Gasteiger partial charge in [0.15, 0.2) is 0 Å². The number of hydrogen-bond donors (Lipinski definition) is 3. The fraction of sp³-hybridized carbons (Fsp3) is 0.286. The Labute approximate surface area is 174 Å². The van der Waals surface area contributed by atoms with Crippen LogP contribution in [0.4, 0.5) is 5.00 Å². The Morgan fingerprint density at radius 2 is 2.12 bits per heavy atom. The van der Waals surface area contributed by atoms with E-state index in [1.165, 1.54) is 11.3 Å². The number of alkyl halides is 2. The molecule has 0 aliphatic rings. The second kappa shape index (κ2) is 9.27. The van der Waals surface area contributed by atoms with Crippen LogP contribution in [0, 0.1) is 0 Å². The van der Waals surface area contributed by atoms with Crippen molar-refractivity contribution >= 4 is 93.9 Å². The number of carbonyl (C=O) groups is 2. The molecule has 0 atom stereocenters. The topological polar surface area (TPSA) is 102 Å². The zero-order chi connectivity index (χ0) is 19.4. The number of primary amides is 1. The molecular formula is C14H14Br2Cl2N2O4S. The highest BCUT2D eigenvalue weighted by Crippen LogP contribution is 2.46. The minimum absolute atomic E-state index is 0.0274. The summed E-state index contributed by atoms with van der Waals surface area (Å²) in [6.07, 6.45) is 0. The van der Waals surface area contributed by atoms with E-state index in [-0.39, 0.29) is 12.4 Å². The third-order valence-corrected chi connectivity index (χ3v) is 5.83. The molecule has 6 nitrogen and oxygen atoms in total. The van der Waals surface area contributed by atoms with Crippen molar-refractivity contribution in [1.82, 2.24) is 0 Å². The van der Waals surface area contributed by atoms with E-state index in [4.69, 9.17) is 28.9 Å². The zero-order valence-corrected chi connectivity index (χ0v) is 18.5. The molecule has 11 heteroatoms. The molecule has 0 unspecified atom stereocenters. The number of nitrogens with two attached hydrogens (primary N) is 1. The number of phenols is 1. The third kappa shape index (κ3) is 5.89. The number of aromatic hydroxyl groups is 1. The second-order valence-electron chi connectivity index (χ2n) is 4.80. The molecule has 0 aliphatic carbocycles. The minimum Gasteiger partial charge on any atom is -0.506 e. The lowest BCUT2D eigenvalue weighted by atomic mass is 10.1. The number of phenolic OH excluding ortho intramolecular Hbond substituents is 1. The lowest BCUT2D eigenvalue weighted by Crippen LogP contribution is -2.14. The van der Waals surface area contributed by atoms with Crippen LogP contribution >= 0.6 is 66.4 Å².